The molecular formula is C15H25N3O3S. The number of nitrogens with one attached hydrogen (secondary N) is 1. The van der Waals surface area contributed by atoms with Crippen LogP contribution < -0.4 is 16.2 Å². The van der Waals surface area contributed by atoms with Gasteiger partial charge in [-0.3, -0.25) is 4.79 Å². The Morgan fingerprint density at radius 3 is 2.27 bits per heavy atom. The molecule has 0 atom stereocenters. The van der Waals surface area contributed by atoms with Crippen molar-refractivity contribution in [1.82, 2.24) is 5.32 Å². The first kappa shape index (κ1) is 18.6. The summed E-state index contributed by atoms with van der Waals surface area (Å²) in [7, 11) is -3.65. The maximum Gasteiger partial charge on any atom is 0.238 e. The summed E-state index contributed by atoms with van der Waals surface area (Å²) in [6.45, 7) is 1.24. The van der Waals surface area contributed by atoms with Gasteiger partial charge in [0.05, 0.1) is 4.90 Å². The molecular weight excluding hydrogens is 302 g/mol. The third-order valence-corrected chi connectivity index (χ3v) is 4.27. The Morgan fingerprint density at radius 2 is 1.68 bits per heavy atom. The van der Waals surface area contributed by atoms with Crippen molar-refractivity contribution in [3.8, 4) is 0 Å². The minimum Gasteiger partial charge on any atom is -0.356 e. The molecule has 5 N–H and O–H groups in total. The van der Waals surface area contributed by atoms with E-state index in [9.17, 15) is 13.2 Å². The number of rotatable bonds is 10. The van der Waals surface area contributed by atoms with Crippen molar-refractivity contribution in [2.45, 2.75) is 43.4 Å². The van der Waals surface area contributed by atoms with E-state index in [0.717, 1.165) is 31.2 Å². The van der Waals surface area contributed by atoms with Gasteiger partial charge < -0.3 is 11.1 Å². The lowest BCUT2D eigenvalue weighted by Crippen LogP contribution is -2.25. The summed E-state index contributed by atoms with van der Waals surface area (Å²) in [5.41, 5.74) is 6.36. The summed E-state index contributed by atoms with van der Waals surface area (Å²) in [6, 6.07) is 6.37. The molecule has 124 valence electrons. The molecule has 0 saturated heterocycles. The number of unbranched alkanes of at least 4 members (excludes halogenated alkanes) is 3. The lowest BCUT2D eigenvalue weighted by atomic mass is 10.1. The molecule has 22 heavy (non-hydrogen) atoms. The van der Waals surface area contributed by atoms with Crippen LogP contribution in [0.2, 0.25) is 0 Å². The number of benzene rings is 1. The molecule has 1 aromatic carbocycles. The van der Waals surface area contributed by atoms with E-state index in [1.807, 2.05) is 0 Å². The standard InChI is InChI=1S/C15H25N3O3S/c16-11-4-2-1-3-5-15(19)18-12-10-13-6-8-14(9-7-13)22(17,20)21/h6-9H,1-5,10-12,16H2,(H,18,19)(H2,17,20,21). The minimum absolute atomic E-state index is 0.0499. The van der Waals surface area contributed by atoms with E-state index in [1.165, 1.54) is 12.1 Å². The molecule has 0 heterocycles. The van der Waals surface area contributed by atoms with Gasteiger partial charge in [-0.25, -0.2) is 13.6 Å². The SMILES string of the molecule is NCCCCCCC(=O)NCCc1ccc(S(N)(=O)=O)cc1. The Bertz CT molecular complexity index is 556. The predicted octanol–water partition coefficient (Wildman–Crippen LogP) is 0.902. The Balaban J connectivity index is 2.22. The van der Waals surface area contributed by atoms with Gasteiger partial charge in [-0.05, 0) is 43.5 Å². The molecule has 0 radical (unpaired) electrons. The predicted molar refractivity (Wildman–Crippen MR) is 86.7 cm³/mol. The summed E-state index contributed by atoms with van der Waals surface area (Å²) >= 11 is 0. The van der Waals surface area contributed by atoms with E-state index in [1.54, 1.807) is 12.1 Å². The second-order valence-corrected chi connectivity index (χ2v) is 6.80. The normalized spacial score (nSPS) is 11.4. The van der Waals surface area contributed by atoms with Crippen LogP contribution in [0.4, 0.5) is 0 Å². The molecule has 0 fully saturated rings. The Morgan fingerprint density at radius 1 is 1.05 bits per heavy atom. The lowest BCUT2D eigenvalue weighted by molar-refractivity contribution is -0.121. The maximum absolute atomic E-state index is 11.6. The number of carbonyl (C=O) groups excluding carboxylic acids is 1. The summed E-state index contributed by atoms with van der Waals surface area (Å²) in [4.78, 5) is 11.7. The molecule has 1 amide bonds. The van der Waals surface area contributed by atoms with Gasteiger partial charge in [-0.2, -0.15) is 0 Å². The van der Waals surface area contributed by atoms with Crippen LogP contribution in [0.1, 0.15) is 37.7 Å². The van der Waals surface area contributed by atoms with Gasteiger partial charge in [0, 0.05) is 13.0 Å². The van der Waals surface area contributed by atoms with Crippen LogP contribution in [0, 0.1) is 0 Å². The first-order valence-electron chi connectivity index (χ1n) is 7.52. The number of carbonyl (C=O) groups is 1. The first-order chi connectivity index (χ1) is 10.4. The van der Waals surface area contributed by atoms with E-state index in [0.29, 0.717) is 25.9 Å². The van der Waals surface area contributed by atoms with E-state index in [2.05, 4.69) is 5.32 Å². The average Bonchev–Trinajstić information content (AvgIpc) is 2.46. The van der Waals surface area contributed by atoms with Gasteiger partial charge in [0.1, 0.15) is 0 Å². The van der Waals surface area contributed by atoms with Gasteiger partial charge >= 0.3 is 0 Å². The van der Waals surface area contributed by atoms with Crippen LogP contribution in [0.5, 0.6) is 0 Å². The average molecular weight is 327 g/mol. The summed E-state index contributed by atoms with van der Waals surface area (Å²) < 4.78 is 22.3. The van der Waals surface area contributed by atoms with Crippen molar-refractivity contribution in [2.75, 3.05) is 13.1 Å². The molecule has 0 aliphatic heterocycles. The van der Waals surface area contributed by atoms with E-state index < -0.39 is 10.0 Å². The first-order valence-corrected chi connectivity index (χ1v) is 9.06. The summed E-state index contributed by atoms with van der Waals surface area (Å²) in [5, 5.41) is 7.89. The molecule has 0 saturated carbocycles. The zero-order valence-electron chi connectivity index (χ0n) is 12.8. The highest BCUT2D eigenvalue weighted by atomic mass is 32.2. The van der Waals surface area contributed by atoms with Gasteiger partial charge in [0.25, 0.3) is 0 Å². The number of hydrogen-bond donors (Lipinski definition) is 3. The molecule has 0 spiro atoms. The summed E-state index contributed by atoms with van der Waals surface area (Å²) in [5.74, 6) is 0.0499. The van der Waals surface area contributed by atoms with Crippen LogP contribution in [-0.4, -0.2) is 27.4 Å². The molecule has 6 nitrogen and oxygen atoms in total. The van der Waals surface area contributed by atoms with Crippen molar-refractivity contribution >= 4 is 15.9 Å². The van der Waals surface area contributed by atoms with E-state index in [4.69, 9.17) is 10.9 Å². The highest BCUT2D eigenvalue weighted by molar-refractivity contribution is 7.89. The fourth-order valence-electron chi connectivity index (χ4n) is 2.06. The number of hydrogen-bond acceptors (Lipinski definition) is 4. The number of amides is 1. The molecule has 0 aliphatic carbocycles. The Labute approximate surface area is 132 Å². The van der Waals surface area contributed by atoms with Crippen molar-refractivity contribution in [2.24, 2.45) is 10.9 Å². The molecule has 0 aliphatic rings. The van der Waals surface area contributed by atoms with Crippen LogP contribution >= 0.6 is 0 Å². The van der Waals surface area contributed by atoms with Crippen LogP contribution in [-0.2, 0) is 21.2 Å². The highest BCUT2D eigenvalue weighted by Gasteiger charge is 2.06. The van der Waals surface area contributed by atoms with Gasteiger partial charge in [-0.1, -0.05) is 25.0 Å². The monoisotopic (exact) mass is 327 g/mol. The Kier molecular flexibility index (Phi) is 8.08. The third kappa shape index (κ3) is 7.53. The van der Waals surface area contributed by atoms with Crippen LogP contribution in [0.3, 0.4) is 0 Å². The minimum atomic E-state index is -3.65. The largest absolute Gasteiger partial charge is 0.356 e. The maximum atomic E-state index is 11.6. The topological polar surface area (TPSA) is 115 Å². The number of primary sulfonamides is 1. The molecule has 0 unspecified atom stereocenters. The number of sulfonamides is 1. The van der Waals surface area contributed by atoms with Crippen LogP contribution in [0.15, 0.2) is 29.2 Å². The lowest BCUT2D eigenvalue weighted by Gasteiger charge is -2.06. The molecule has 7 heteroatoms. The summed E-state index contributed by atoms with van der Waals surface area (Å²) in [6.07, 6.45) is 5.18. The Hall–Kier alpha value is -1.44. The molecule has 1 aromatic rings. The van der Waals surface area contributed by atoms with Gasteiger partial charge in [0.15, 0.2) is 0 Å². The van der Waals surface area contributed by atoms with Gasteiger partial charge in [-0.15, -0.1) is 0 Å². The third-order valence-electron chi connectivity index (χ3n) is 3.35. The van der Waals surface area contributed by atoms with Gasteiger partial charge in [0.2, 0.25) is 15.9 Å². The van der Waals surface area contributed by atoms with E-state index in [-0.39, 0.29) is 10.8 Å². The highest BCUT2D eigenvalue weighted by Crippen LogP contribution is 2.09. The van der Waals surface area contributed by atoms with Crippen molar-refractivity contribution in [3.05, 3.63) is 29.8 Å². The van der Waals surface area contributed by atoms with Crippen molar-refractivity contribution in [3.63, 3.8) is 0 Å². The second kappa shape index (κ2) is 9.55. The zero-order valence-corrected chi connectivity index (χ0v) is 13.6. The smallest absolute Gasteiger partial charge is 0.238 e. The number of nitrogens with two attached hydrogens (primary N) is 2. The van der Waals surface area contributed by atoms with E-state index >= 15 is 0 Å². The fraction of sp³-hybridized carbons (Fsp3) is 0.533. The quantitative estimate of drug-likeness (QED) is 0.554. The zero-order chi connectivity index (χ0) is 16.4. The molecule has 0 aromatic heterocycles. The second-order valence-electron chi connectivity index (χ2n) is 5.24. The van der Waals surface area contributed by atoms with Crippen LogP contribution in [0.25, 0.3) is 0 Å². The van der Waals surface area contributed by atoms with Crippen molar-refractivity contribution < 1.29 is 13.2 Å². The molecule has 1 rings (SSSR count). The molecule has 0 bridgehead atoms. The fourth-order valence-corrected chi connectivity index (χ4v) is 2.58. The van der Waals surface area contributed by atoms with Crippen molar-refractivity contribution in [1.29, 1.82) is 0 Å².